The highest BCUT2D eigenvalue weighted by Gasteiger charge is 2.31. The van der Waals surface area contributed by atoms with Crippen molar-refractivity contribution < 1.29 is 80.2 Å². The minimum absolute atomic E-state index is 0.108. The first-order chi connectivity index (χ1) is 53.7. The number of phosphoric ester groups is 2. The smallest absolute Gasteiger partial charge is 0.462 e. The van der Waals surface area contributed by atoms with Crippen molar-refractivity contribution in [3.63, 3.8) is 0 Å². The van der Waals surface area contributed by atoms with Crippen LogP contribution in [0.25, 0.3) is 0 Å². The number of hydrogen-bond donors (Lipinski definition) is 3. The molecule has 0 heterocycles. The summed E-state index contributed by atoms with van der Waals surface area (Å²) in [4.78, 5) is 73.4. The molecule has 0 fully saturated rings. The minimum Gasteiger partial charge on any atom is -0.462 e. The molecule has 0 rings (SSSR count). The lowest BCUT2D eigenvalue weighted by Crippen LogP contribution is -2.30. The first-order valence-electron chi connectivity index (χ1n) is 47.3. The van der Waals surface area contributed by atoms with Gasteiger partial charge in [0.05, 0.1) is 26.4 Å². The maximum Gasteiger partial charge on any atom is 0.472 e. The van der Waals surface area contributed by atoms with Crippen LogP contribution in [0.4, 0.5) is 0 Å². The molecule has 111 heavy (non-hydrogen) atoms. The van der Waals surface area contributed by atoms with Crippen molar-refractivity contribution in [1.29, 1.82) is 0 Å². The quantitative estimate of drug-likeness (QED) is 0.0222. The van der Waals surface area contributed by atoms with Gasteiger partial charge in [0.25, 0.3) is 0 Å². The topological polar surface area (TPSA) is 237 Å². The summed E-state index contributed by atoms with van der Waals surface area (Å²) in [6, 6.07) is 0. The first-order valence-corrected chi connectivity index (χ1v) is 50.3. The van der Waals surface area contributed by atoms with Crippen molar-refractivity contribution in [3.05, 3.63) is 0 Å². The fourth-order valence-corrected chi connectivity index (χ4v) is 16.0. The third-order valence-electron chi connectivity index (χ3n) is 21.6. The monoisotopic (exact) mass is 1620 g/mol. The summed E-state index contributed by atoms with van der Waals surface area (Å²) in [7, 11) is -9.94. The predicted octanol–water partition coefficient (Wildman–Crippen LogP) is 28.4. The van der Waals surface area contributed by atoms with Crippen LogP contribution in [-0.4, -0.2) is 96.7 Å². The Balaban J connectivity index is 5.23. The molecule has 17 nitrogen and oxygen atoms in total. The van der Waals surface area contributed by atoms with Crippen molar-refractivity contribution >= 4 is 39.5 Å². The predicted molar refractivity (Wildman–Crippen MR) is 460 cm³/mol. The highest BCUT2D eigenvalue weighted by atomic mass is 31.2. The van der Waals surface area contributed by atoms with E-state index in [1.54, 1.807) is 0 Å². The number of aliphatic hydroxyl groups excluding tert-OH is 1. The van der Waals surface area contributed by atoms with E-state index in [1.807, 2.05) is 0 Å². The van der Waals surface area contributed by atoms with Gasteiger partial charge in [-0.15, -0.1) is 0 Å². The zero-order valence-electron chi connectivity index (χ0n) is 73.4. The van der Waals surface area contributed by atoms with E-state index in [0.717, 1.165) is 108 Å². The molecule has 0 aromatic heterocycles. The maximum atomic E-state index is 13.2. The normalized spacial score (nSPS) is 13.8. The molecule has 0 amide bonds. The largest absolute Gasteiger partial charge is 0.472 e. The Hall–Kier alpha value is -1.94. The minimum atomic E-state index is -4.97. The summed E-state index contributed by atoms with van der Waals surface area (Å²) in [6.45, 7) is 12.0. The van der Waals surface area contributed by atoms with Gasteiger partial charge in [0.2, 0.25) is 0 Å². The molecule has 19 heteroatoms. The third kappa shape index (κ3) is 85.8. The van der Waals surface area contributed by atoms with Gasteiger partial charge in [0.1, 0.15) is 19.3 Å². The number of hydrogen-bond acceptors (Lipinski definition) is 15. The van der Waals surface area contributed by atoms with Gasteiger partial charge in [-0.05, 0) is 43.4 Å². The molecule has 0 aromatic rings. The van der Waals surface area contributed by atoms with Crippen LogP contribution in [0.3, 0.4) is 0 Å². The van der Waals surface area contributed by atoms with E-state index >= 15 is 0 Å². The van der Waals surface area contributed by atoms with E-state index in [0.29, 0.717) is 25.7 Å². The van der Waals surface area contributed by atoms with Gasteiger partial charge >= 0.3 is 39.5 Å². The lowest BCUT2D eigenvalue weighted by molar-refractivity contribution is -0.161. The van der Waals surface area contributed by atoms with Crippen molar-refractivity contribution in [2.75, 3.05) is 39.6 Å². The van der Waals surface area contributed by atoms with Gasteiger partial charge in [-0.1, -0.05) is 440 Å². The van der Waals surface area contributed by atoms with Gasteiger partial charge < -0.3 is 33.8 Å². The van der Waals surface area contributed by atoms with Gasteiger partial charge in [0.15, 0.2) is 12.2 Å². The van der Waals surface area contributed by atoms with Crippen LogP contribution < -0.4 is 0 Å². The average Bonchev–Trinajstić information content (AvgIpc) is 0.899. The molecule has 660 valence electrons. The van der Waals surface area contributed by atoms with Crippen LogP contribution >= 0.6 is 15.6 Å². The number of unbranched alkanes of at least 4 members (excludes halogenated alkanes) is 58. The Morgan fingerprint density at radius 1 is 0.243 bits per heavy atom. The lowest BCUT2D eigenvalue weighted by Gasteiger charge is -2.21. The molecule has 0 spiro atoms. The van der Waals surface area contributed by atoms with Crippen LogP contribution in [0.1, 0.15) is 492 Å². The highest BCUT2D eigenvalue weighted by molar-refractivity contribution is 7.47. The molecule has 0 aliphatic carbocycles. The third-order valence-corrected chi connectivity index (χ3v) is 23.5. The number of ether oxygens (including phenoxy) is 4. The summed E-state index contributed by atoms with van der Waals surface area (Å²) in [6.07, 6.45) is 75.2. The van der Waals surface area contributed by atoms with Gasteiger partial charge in [-0.3, -0.25) is 37.3 Å². The Labute approximate surface area is 683 Å². The summed E-state index contributed by atoms with van der Waals surface area (Å²) < 4.78 is 69.1. The molecule has 2 unspecified atom stereocenters. The lowest BCUT2D eigenvalue weighted by atomic mass is 10.0. The van der Waals surface area contributed by atoms with Gasteiger partial charge in [-0.2, -0.15) is 0 Å². The maximum absolute atomic E-state index is 13.2. The van der Waals surface area contributed by atoms with E-state index < -0.39 is 97.5 Å². The zero-order valence-corrected chi connectivity index (χ0v) is 75.2. The Bertz CT molecular complexity index is 2130. The molecule has 0 aromatic carbocycles. The van der Waals surface area contributed by atoms with Crippen molar-refractivity contribution in [3.8, 4) is 0 Å². The van der Waals surface area contributed by atoms with E-state index in [9.17, 15) is 43.2 Å². The van der Waals surface area contributed by atoms with Crippen LogP contribution in [-0.2, 0) is 65.4 Å². The SMILES string of the molecule is CCCCCCCCCCCCCCCCCCCCCCC(=O)OC[C@H](COP(=O)(O)OC[C@@H](O)COP(=O)(O)OC[C@@H](COC(=O)CCCCCCCCCCC(C)C)OC(=O)CCCCCCCCCCCCCCCCCCC(C)C)OC(=O)CCCCCCCCCCCCCCCCCCCCC(C)C. The fraction of sp³-hybridized carbons (Fsp3) is 0.957. The highest BCUT2D eigenvalue weighted by Crippen LogP contribution is 2.45. The first kappa shape index (κ1) is 109. The second-order valence-electron chi connectivity index (χ2n) is 34.5. The molecule has 0 saturated carbocycles. The molecule has 5 atom stereocenters. The summed E-state index contributed by atoms with van der Waals surface area (Å²) >= 11 is 0. The second kappa shape index (κ2) is 81.8. The Kier molecular flexibility index (Phi) is 80.4. The van der Waals surface area contributed by atoms with Crippen molar-refractivity contribution in [1.82, 2.24) is 0 Å². The van der Waals surface area contributed by atoms with Crippen LogP contribution in [0.15, 0.2) is 0 Å². The number of aliphatic hydroxyl groups is 1. The summed E-state index contributed by atoms with van der Waals surface area (Å²) in [5.74, 6) is 0.258. The number of rotatable bonds is 90. The number of carbonyl (C=O) groups excluding carboxylic acids is 4. The van der Waals surface area contributed by atoms with Crippen LogP contribution in [0.5, 0.6) is 0 Å². The van der Waals surface area contributed by atoms with Crippen LogP contribution in [0, 0.1) is 17.8 Å². The molecule has 0 aliphatic rings. The van der Waals surface area contributed by atoms with Crippen LogP contribution in [0.2, 0.25) is 0 Å². The van der Waals surface area contributed by atoms with E-state index in [1.165, 1.54) is 302 Å². The number of carbonyl (C=O) groups is 4. The van der Waals surface area contributed by atoms with E-state index in [-0.39, 0.29) is 25.7 Å². The molecule has 3 N–H and O–H groups in total. The molecule has 0 bridgehead atoms. The van der Waals surface area contributed by atoms with E-state index in [2.05, 4.69) is 48.5 Å². The van der Waals surface area contributed by atoms with Gasteiger partial charge in [-0.25, -0.2) is 9.13 Å². The zero-order chi connectivity index (χ0) is 81.5. The van der Waals surface area contributed by atoms with Crippen molar-refractivity contribution in [2.24, 2.45) is 17.8 Å². The van der Waals surface area contributed by atoms with Crippen molar-refractivity contribution in [2.45, 2.75) is 510 Å². The number of phosphoric acid groups is 2. The standard InChI is InChI=1S/C92H180O17P2/c1-8-9-10-11-12-13-14-15-16-17-18-19-23-29-34-39-44-52-59-66-73-89(94)102-79-87(108-91(96)75-68-61-54-45-40-35-30-24-21-20-22-27-32-37-42-49-56-63-70-83(2)3)81-106-110(98,99)104-77-86(93)78-105-111(100,101)107-82-88(80-103-90(95)74-67-60-53-48-47-51-58-65-72-85(6)7)109-92(97)76-69-62-55-46-41-36-31-26-25-28-33-38-43-50-57-64-71-84(4)5/h83-88,93H,8-82H2,1-7H3,(H,98,99)(H,100,101)/t86-,87-,88-/m1/s1. The molecule has 0 saturated heterocycles. The van der Waals surface area contributed by atoms with E-state index in [4.69, 9.17) is 37.0 Å². The molecule has 0 radical (unpaired) electrons. The summed E-state index contributed by atoms with van der Waals surface area (Å²) in [5.41, 5.74) is 0. The molecular weight excluding hydrogens is 1440 g/mol. The Morgan fingerprint density at radius 2 is 0.414 bits per heavy atom. The summed E-state index contributed by atoms with van der Waals surface area (Å²) in [5, 5.41) is 10.7. The second-order valence-corrected chi connectivity index (χ2v) is 37.4. The molecule has 0 aliphatic heterocycles. The Morgan fingerprint density at radius 3 is 0.613 bits per heavy atom. The molecular formula is C92H180O17P2. The fourth-order valence-electron chi connectivity index (χ4n) is 14.4. The average molecular weight is 1620 g/mol. The van der Waals surface area contributed by atoms with Gasteiger partial charge in [0, 0.05) is 25.7 Å². The number of esters is 4.